The van der Waals surface area contributed by atoms with E-state index in [4.69, 9.17) is 17.3 Å². The second-order valence-electron chi connectivity index (χ2n) is 4.02. The van der Waals surface area contributed by atoms with Crippen LogP contribution in [-0.2, 0) is 6.42 Å². The SMILES string of the molecule is Cc1ccc(Cl)cc1C(N)Cc1ccc(Br)s1. The monoisotopic (exact) mass is 329 g/mol. The van der Waals surface area contributed by atoms with Gasteiger partial charge < -0.3 is 5.73 Å². The van der Waals surface area contributed by atoms with E-state index in [0.717, 1.165) is 20.8 Å². The molecule has 17 heavy (non-hydrogen) atoms. The summed E-state index contributed by atoms with van der Waals surface area (Å²) in [6, 6.07) is 10.0. The van der Waals surface area contributed by atoms with Gasteiger partial charge in [0.2, 0.25) is 0 Å². The molecule has 0 aliphatic rings. The van der Waals surface area contributed by atoms with Gasteiger partial charge in [0.15, 0.2) is 0 Å². The van der Waals surface area contributed by atoms with Gasteiger partial charge in [-0.1, -0.05) is 17.7 Å². The van der Waals surface area contributed by atoms with Crippen LogP contribution in [0.15, 0.2) is 34.1 Å². The van der Waals surface area contributed by atoms with Crippen molar-refractivity contribution in [3.63, 3.8) is 0 Å². The molecule has 0 amide bonds. The van der Waals surface area contributed by atoms with Crippen LogP contribution in [0.3, 0.4) is 0 Å². The molecule has 0 aliphatic carbocycles. The van der Waals surface area contributed by atoms with E-state index in [1.165, 1.54) is 10.4 Å². The van der Waals surface area contributed by atoms with Gasteiger partial charge in [-0.25, -0.2) is 0 Å². The van der Waals surface area contributed by atoms with Crippen LogP contribution in [0.4, 0.5) is 0 Å². The third-order valence-electron chi connectivity index (χ3n) is 2.69. The lowest BCUT2D eigenvalue weighted by Crippen LogP contribution is -2.14. The van der Waals surface area contributed by atoms with E-state index in [0.29, 0.717) is 0 Å². The maximum Gasteiger partial charge on any atom is 0.0701 e. The maximum atomic E-state index is 6.24. The predicted octanol–water partition coefficient (Wildman–Crippen LogP) is 4.71. The fraction of sp³-hybridized carbons (Fsp3) is 0.231. The lowest BCUT2D eigenvalue weighted by atomic mass is 9.99. The molecule has 0 spiro atoms. The maximum absolute atomic E-state index is 6.24. The molecular formula is C13H13BrClNS. The zero-order valence-electron chi connectivity index (χ0n) is 9.41. The third kappa shape index (κ3) is 3.32. The summed E-state index contributed by atoms with van der Waals surface area (Å²) in [5, 5.41) is 0.744. The lowest BCUT2D eigenvalue weighted by Gasteiger charge is -2.14. The first kappa shape index (κ1) is 13.1. The van der Waals surface area contributed by atoms with Crippen molar-refractivity contribution in [2.45, 2.75) is 19.4 Å². The Bertz CT molecular complexity index is 524. The molecular weight excluding hydrogens is 318 g/mol. The average molecular weight is 331 g/mol. The van der Waals surface area contributed by atoms with Gasteiger partial charge in [-0.3, -0.25) is 0 Å². The van der Waals surface area contributed by atoms with Crippen molar-refractivity contribution < 1.29 is 0 Å². The molecule has 0 saturated carbocycles. The van der Waals surface area contributed by atoms with E-state index in [1.54, 1.807) is 11.3 Å². The summed E-state index contributed by atoms with van der Waals surface area (Å²) in [5.41, 5.74) is 8.56. The highest BCUT2D eigenvalue weighted by molar-refractivity contribution is 9.11. The number of rotatable bonds is 3. The summed E-state index contributed by atoms with van der Waals surface area (Å²) >= 11 is 11.2. The second kappa shape index (κ2) is 5.53. The molecule has 1 unspecified atom stereocenters. The fourth-order valence-corrected chi connectivity index (χ4v) is 3.52. The minimum Gasteiger partial charge on any atom is -0.324 e. The number of aryl methyl sites for hydroxylation is 1. The molecule has 1 aromatic carbocycles. The highest BCUT2D eigenvalue weighted by atomic mass is 79.9. The first-order chi connectivity index (χ1) is 8.06. The molecule has 0 aliphatic heterocycles. The summed E-state index contributed by atoms with van der Waals surface area (Å²) in [5.74, 6) is 0. The molecule has 1 heterocycles. The number of hydrogen-bond donors (Lipinski definition) is 1. The van der Waals surface area contributed by atoms with Crippen molar-refractivity contribution in [3.05, 3.63) is 55.1 Å². The molecule has 0 saturated heterocycles. The van der Waals surface area contributed by atoms with E-state index >= 15 is 0 Å². The van der Waals surface area contributed by atoms with Gasteiger partial charge in [0.05, 0.1) is 3.79 Å². The Hall–Kier alpha value is -0.350. The molecule has 1 atom stereocenters. The topological polar surface area (TPSA) is 26.0 Å². The predicted molar refractivity (Wildman–Crippen MR) is 78.8 cm³/mol. The van der Waals surface area contributed by atoms with Gasteiger partial charge in [0.25, 0.3) is 0 Å². The number of nitrogens with two attached hydrogens (primary N) is 1. The number of benzene rings is 1. The van der Waals surface area contributed by atoms with Crippen LogP contribution >= 0.6 is 38.9 Å². The average Bonchev–Trinajstić information content (AvgIpc) is 2.67. The number of thiophene rings is 1. The van der Waals surface area contributed by atoms with Crippen LogP contribution in [-0.4, -0.2) is 0 Å². The summed E-state index contributed by atoms with van der Waals surface area (Å²) in [6.45, 7) is 2.07. The fourth-order valence-electron chi connectivity index (χ4n) is 1.80. The first-order valence-electron chi connectivity index (χ1n) is 5.32. The minimum absolute atomic E-state index is 0.000694. The largest absolute Gasteiger partial charge is 0.324 e. The van der Waals surface area contributed by atoms with E-state index in [1.807, 2.05) is 18.2 Å². The van der Waals surface area contributed by atoms with Crippen LogP contribution in [0.1, 0.15) is 22.0 Å². The zero-order valence-corrected chi connectivity index (χ0v) is 12.6. The molecule has 2 aromatic rings. The van der Waals surface area contributed by atoms with Crippen molar-refractivity contribution in [2.75, 3.05) is 0 Å². The van der Waals surface area contributed by atoms with Gasteiger partial charge in [-0.15, -0.1) is 11.3 Å². The Balaban J connectivity index is 2.19. The molecule has 2 N–H and O–H groups in total. The van der Waals surface area contributed by atoms with Crippen molar-refractivity contribution >= 4 is 38.9 Å². The van der Waals surface area contributed by atoms with E-state index in [9.17, 15) is 0 Å². The summed E-state index contributed by atoms with van der Waals surface area (Å²) in [7, 11) is 0. The summed E-state index contributed by atoms with van der Waals surface area (Å²) in [4.78, 5) is 1.28. The lowest BCUT2D eigenvalue weighted by molar-refractivity contribution is 0.725. The van der Waals surface area contributed by atoms with Crippen LogP contribution in [0.2, 0.25) is 5.02 Å². The Morgan fingerprint density at radius 2 is 2.12 bits per heavy atom. The number of hydrogen-bond acceptors (Lipinski definition) is 2. The molecule has 1 aromatic heterocycles. The van der Waals surface area contributed by atoms with Gasteiger partial charge in [0, 0.05) is 22.4 Å². The van der Waals surface area contributed by atoms with Crippen molar-refractivity contribution in [2.24, 2.45) is 5.73 Å². The van der Waals surface area contributed by atoms with E-state index in [2.05, 4.69) is 35.0 Å². The third-order valence-corrected chi connectivity index (χ3v) is 4.57. The highest BCUT2D eigenvalue weighted by Crippen LogP contribution is 2.28. The van der Waals surface area contributed by atoms with Gasteiger partial charge in [-0.2, -0.15) is 0 Å². The molecule has 0 bridgehead atoms. The van der Waals surface area contributed by atoms with Crippen LogP contribution < -0.4 is 5.73 Å². The van der Waals surface area contributed by atoms with E-state index < -0.39 is 0 Å². The summed E-state index contributed by atoms with van der Waals surface area (Å²) < 4.78 is 1.14. The molecule has 4 heteroatoms. The van der Waals surface area contributed by atoms with Crippen LogP contribution in [0.5, 0.6) is 0 Å². The van der Waals surface area contributed by atoms with E-state index in [-0.39, 0.29) is 6.04 Å². The van der Waals surface area contributed by atoms with Crippen LogP contribution in [0.25, 0.3) is 0 Å². The van der Waals surface area contributed by atoms with Crippen LogP contribution in [0, 0.1) is 6.92 Å². The highest BCUT2D eigenvalue weighted by Gasteiger charge is 2.11. The Morgan fingerprint density at radius 1 is 1.35 bits per heavy atom. The Kier molecular flexibility index (Phi) is 4.26. The molecule has 2 rings (SSSR count). The van der Waals surface area contributed by atoms with Crippen molar-refractivity contribution in [3.8, 4) is 0 Å². The molecule has 0 fully saturated rings. The minimum atomic E-state index is -0.000694. The zero-order chi connectivity index (χ0) is 12.4. The van der Waals surface area contributed by atoms with Crippen molar-refractivity contribution in [1.82, 2.24) is 0 Å². The first-order valence-corrected chi connectivity index (χ1v) is 7.31. The normalized spacial score (nSPS) is 12.7. The van der Waals surface area contributed by atoms with Gasteiger partial charge in [-0.05, 0) is 58.2 Å². The smallest absolute Gasteiger partial charge is 0.0701 e. The molecule has 90 valence electrons. The quantitative estimate of drug-likeness (QED) is 0.866. The molecule has 1 nitrogen and oxygen atoms in total. The second-order valence-corrected chi connectivity index (χ2v) is 7.00. The van der Waals surface area contributed by atoms with Gasteiger partial charge >= 0.3 is 0 Å². The van der Waals surface area contributed by atoms with Gasteiger partial charge in [0.1, 0.15) is 0 Å². The number of halogens is 2. The van der Waals surface area contributed by atoms with Crippen molar-refractivity contribution in [1.29, 1.82) is 0 Å². The standard InChI is InChI=1S/C13H13BrClNS/c1-8-2-3-9(15)6-11(8)12(16)7-10-4-5-13(14)17-10/h2-6,12H,7,16H2,1H3. The summed E-state index contributed by atoms with van der Waals surface area (Å²) in [6.07, 6.45) is 0.845. The molecule has 0 radical (unpaired) electrons. The Labute approximate surface area is 119 Å². The Morgan fingerprint density at radius 3 is 2.76 bits per heavy atom.